The van der Waals surface area contributed by atoms with E-state index >= 15 is 0 Å². The second-order valence-electron chi connectivity index (χ2n) is 15.8. The van der Waals surface area contributed by atoms with E-state index in [0.717, 1.165) is 66.2 Å². The van der Waals surface area contributed by atoms with Crippen LogP contribution in [0, 0.1) is 18.1 Å². The predicted molar refractivity (Wildman–Crippen MR) is 239 cm³/mol. The molecule has 0 aliphatic heterocycles. The van der Waals surface area contributed by atoms with E-state index in [1.807, 2.05) is 113 Å². The van der Waals surface area contributed by atoms with Crippen LogP contribution in [0.25, 0.3) is 66.7 Å². The number of carbonyl (C=O) groups is 1. The number of benzene rings is 5. The average Bonchev–Trinajstić information content (AvgIpc) is 3.65. The minimum Gasteiger partial charge on any atom is -0.500 e. The van der Waals surface area contributed by atoms with E-state index in [9.17, 15) is 4.79 Å². The van der Waals surface area contributed by atoms with E-state index in [0.29, 0.717) is 16.9 Å². The average molecular weight is 976 g/mol. The first-order valence-electron chi connectivity index (χ1n) is 20.8. The smallest absolute Gasteiger partial charge is 0.372 e. The van der Waals surface area contributed by atoms with E-state index in [2.05, 4.69) is 59.8 Å². The first kappa shape index (κ1) is 39.0. The Hall–Kier alpha value is -5.50. The molecule has 5 aromatic carbocycles. The Morgan fingerprint density at radius 3 is 2.22 bits per heavy atom. The zero-order valence-electron chi connectivity index (χ0n) is 37.2. The van der Waals surface area contributed by atoms with Crippen LogP contribution in [0.15, 0.2) is 138 Å². The van der Waals surface area contributed by atoms with Crippen LogP contribution in [0.2, 0.25) is 19.6 Å². The zero-order chi connectivity index (χ0) is 43.7. The number of aromatic nitrogens is 2. The summed E-state index contributed by atoms with van der Waals surface area (Å²) in [4.78, 5) is 24.6. The molecule has 0 saturated carbocycles. The Bertz CT molecular complexity index is 2850. The quantitative estimate of drug-likeness (QED) is 0.0671. The normalized spacial score (nSPS) is 12.5. The minimum absolute atomic E-state index is 0. The molecule has 0 unspecified atom stereocenters. The Morgan fingerprint density at radius 1 is 0.797 bits per heavy atom. The van der Waals surface area contributed by atoms with E-state index in [4.69, 9.17) is 18.8 Å². The van der Waals surface area contributed by atoms with Crippen LogP contribution in [-0.4, -0.2) is 29.3 Å². The number of hydrogen-bond acceptors (Lipinski definition) is 6. The first-order valence-corrected chi connectivity index (χ1v) is 22.8. The number of furan rings is 1. The molecule has 1 radical (unpaired) electrons. The molecule has 59 heavy (non-hydrogen) atoms. The maximum absolute atomic E-state index is 11.5. The van der Waals surface area contributed by atoms with E-state index in [1.165, 1.54) is 0 Å². The SMILES string of the molecule is [2H]C(C)(C)c1ccnc(-c2[c-]ccc3c2oc2c(-c4ccc(C(=O)OO)cc4)cccc23)c1.[2H]C([2H])(c1cc(-c2[c-]ccc(-c3ccccc3)c2)ncc1[Si](C)(C)C)C(C)C.[Ir]. The number of fused-ring (bicyclic) bond motifs is 3. The van der Waals surface area contributed by atoms with Crippen molar-refractivity contribution in [2.75, 3.05) is 0 Å². The van der Waals surface area contributed by atoms with Crippen LogP contribution in [0.1, 0.15) is 59.2 Å². The number of rotatable bonds is 9. The molecular formula is C51H48IrN2O4Si-2. The van der Waals surface area contributed by atoms with Crippen LogP contribution < -0.4 is 5.19 Å². The third-order valence-electron chi connectivity index (χ3n) is 9.91. The minimum atomic E-state index is -1.73. The van der Waals surface area contributed by atoms with E-state index in [-0.39, 0.29) is 31.6 Å². The molecule has 0 fully saturated rings. The van der Waals surface area contributed by atoms with Gasteiger partial charge in [0.05, 0.1) is 19.2 Å². The van der Waals surface area contributed by atoms with Crippen molar-refractivity contribution in [1.82, 2.24) is 9.97 Å². The summed E-state index contributed by atoms with van der Waals surface area (Å²) in [5.74, 6) is -1.67. The third-order valence-corrected chi connectivity index (χ3v) is 11.9. The van der Waals surface area contributed by atoms with Gasteiger partial charge in [-0.2, -0.15) is 5.26 Å². The molecule has 8 heteroatoms. The van der Waals surface area contributed by atoms with Gasteiger partial charge in [-0.3, -0.25) is 4.89 Å². The fraction of sp³-hybridized carbons (Fsp3) is 0.196. The molecule has 301 valence electrons. The summed E-state index contributed by atoms with van der Waals surface area (Å²) < 4.78 is 32.2. The fourth-order valence-corrected chi connectivity index (χ4v) is 8.36. The van der Waals surface area contributed by atoms with Gasteiger partial charge in [-0.15, -0.1) is 53.6 Å². The molecule has 0 aliphatic rings. The second kappa shape index (κ2) is 18.6. The zero-order valence-corrected chi connectivity index (χ0v) is 37.6. The van der Waals surface area contributed by atoms with Crippen LogP contribution >= 0.6 is 0 Å². The van der Waals surface area contributed by atoms with Gasteiger partial charge in [0.15, 0.2) is 0 Å². The molecule has 3 aromatic heterocycles. The van der Waals surface area contributed by atoms with Crippen molar-refractivity contribution in [1.29, 1.82) is 0 Å². The topological polar surface area (TPSA) is 85.5 Å². The van der Waals surface area contributed by atoms with Crippen molar-refractivity contribution < 1.29 is 43.6 Å². The summed E-state index contributed by atoms with van der Waals surface area (Å²) in [5.41, 5.74) is 10.4. The van der Waals surface area contributed by atoms with Gasteiger partial charge in [-0.1, -0.05) is 142 Å². The Kier molecular flexibility index (Phi) is 12.3. The van der Waals surface area contributed by atoms with Gasteiger partial charge in [0.2, 0.25) is 0 Å². The molecule has 0 amide bonds. The summed E-state index contributed by atoms with van der Waals surface area (Å²) in [6.07, 6.45) is 2.21. The Morgan fingerprint density at radius 2 is 1.53 bits per heavy atom. The van der Waals surface area contributed by atoms with Gasteiger partial charge in [-0.25, -0.2) is 4.79 Å². The summed E-state index contributed by atoms with van der Waals surface area (Å²) in [6, 6.07) is 45.0. The van der Waals surface area contributed by atoms with Crippen molar-refractivity contribution in [2.24, 2.45) is 5.92 Å². The first-order chi connectivity index (χ1) is 29.0. The third kappa shape index (κ3) is 9.70. The summed E-state index contributed by atoms with van der Waals surface area (Å²) in [6.45, 7) is 14.3. The maximum atomic E-state index is 11.5. The molecule has 0 saturated heterocycles. The molecule has 3 heterocycles. The summed E-state index contributed by atoms with van der Waals surface area (Å²) >= 11 is 0. The van der Waals surface area contributed by atoms with Gasteiger partial charge in [0, 0.05) is 47.6 Å². The van der Waals surface area contributed by atoms with E-state index < -0.39 is 26.3 Å². The summed E-state index contributed by atoms with van der Waals surface area (Å²) in [5, 5.41) is 11.6. The fourth-order valence-electron chi connectivity index (χ4n) is 6.95. The van der Waals surface area contributed by atoms with Gasteiger partial charge >= 0.3 is 5.97 Å². The van der Waals surface area contributed by atoms with Crippen molar-refractivity contribution >= 4 is 41.2 Å². The van der Waals surface area contributed by atoms with Crippen molar-refractivity contribution in [2.45, 2.75) is 59.6 Å². The van der Waals surface area contributed by atoms with Gasteiger partial charge in [0.1, 0.15) is 5.58 Å². The molecule has 6 nitrogen and oxygen atoms in total. The Balaban J connectivity index is 0.000000207. The molecule has 0 aliphatic carbocycles. The van der Waals surface area contributed by atoms with Gasteiger partial charge < -0.3 is 14.4 Å². The second-order valence-corrected chi connectivity index (χ2v) is 20.8. The molecule has 1 N–H and O–H groups in total. The molecule has 0 atom stereocenters. The molecule has 0 spiro atoms. The number of pyridine rings is 2. The van der Waals surface area contributed by atoms with Gasteiger partial charge in [0.25, 0.3) is 0 Å². The van der Waals surface area contributed by atoms with Crippen LogP contribution in [0.5, 0.6) is 0 Å². The molecule has 8 aromatic rings. The van der Waals surface area contributed by atoms with Crippen molar-refractivity contribution in [3.05, 3.63) is 163 Å². The predicted octanol–water partition coefficient (Wildman–Crippen LogP) is 12.8. The van der Waals surface area contributed by atoms with Crippen molar-refractivity contribution in [3.63, 3.8) is 0 Å². The monoisotopic (exact) mass is 976 g/mol. The molecule has 0 bridgehead atoms. The van der Waals surface area contributed by atoms with E-state index in [1.54, 1.807) is 30.5 Å². The van der Waals surface area contributed by atoms with Gasteiger partial charge in [-0.05, 0) is 64.1 Å². The number of hydrogen-bond donors (Lipinski definition) is 1. The summed E-state index contributed by atoms with van der Waals surface area (Å²) in [7, 11) is -1.73. The maximum Gasteiger partial charge on any atom is 0.372 e. The number of para-hydroxylation sites is 1. The molecule has 8 rings (SSSR count). The van der Waals surface area contributed by atoms with Crippen LogP contribution in [0.4, 0.5) is 0 Å². The Labute approximate surface area is 365 Å². The van der Waals surface area contributed by atoms with Crippen molar-refractivity contribution in [3.8, 4) is 44.8 Å². The van der Waals surface area contributed by atoms with Crippen LogP contribution in [0.3, 0.4) is 0 Å². The standard InChI is InChI=1S/C27H20NO4.C24H28NSi.Ir/c1-16(2)19-13-14-28-24(15-19)23-8-4-7-22-21-6-3-5-20(25(21)31-26(22)23)17-9-11-18(12-10-17)27(29)32-30;1-18(2)14-22-16-23(25-17-24(22)26(3,4)5)21-13-9-12-20(15-21)19-10-7-6-8-11-19;/h3-7,9-16,30H,1-2H3;6-12,15-18H,14H2,1-5H3;/q2*-1;/i16D;14D2;. The molecular weight excluding hydrogens is 925 g/mol. The number of nitrogens with zero attached hydrogens (tertiary/aromatic N) is 2. The van der Waals surface area contributed by atoms with Crippen LogP contribution in [-0.2, 0) is 31.4 Å². The largest absolute Gasteiger partial charge is 0.500 e. The number of carbonyl (C=O) groups excluding carboxylic acids is 1.